The van der Waals surface area contributed by atoms with Crippen LogP contribution in [0.15, 0.2) is 0 Å². The van der Waals surface area contributed by atoms with Crippen LogP contribution >= 0.6 is 0 Å². The summed E-state index contributed by atoms with van der Waals surface area (Å²) in [5.74, 6) is -1.03. The lowest BCUT2D eigenvalue weighted by molar-refractivity contribution is -0.142. The molecule has 3 atom stereocenters. The number of hydrogen-bond donors (Lipinski definition) is 3. The molecule has 2 amide bonds. The summed E-state index contributed by atoms with van der Waals surface area (Å²) in [7, 11) is 1.60. The van der Waals surface area contributed by atoms with Crippen LogP contribution in [0.1, 0.15) is 32.6 Å². The van der Waals surface area contributed by atoms with Crippen molar-refractivity contribution >= 4 is 12.0 Å². The predicted octanol–water partition coefficient (Wildman–Crippen LogP) is 1.21. The maximum Gasteiger partial charge on any atom is 0.315 e. The molecule has 3 N–H and O–H groups in total. The molecule has 110 valence electrons. The number of carboxylic acids is 1. The molecular weight excluding hydrogens is 248 g/mol. The first kappa shape index (κ1) is 15.8. The molecule has 0 aliphatic heterocycles. The van der Waals surface area contributed by atoms with Gasteiger partial charge in [0.25, 0.3) is 0 Å². The van der Waals surface area contributed by atoms with Crippen molar-refractivity contribution in [1.29, 1.82) is 0 Å². The molecule has 3 unspecified atom stereocenters. The van der Waals surface area contributed by atoms with Crippen molar-refractivity contribution in [3.05, 3.63) is 0 Å². The number of carboxylic acid groups (broad SMARTS) is 1. The summed E-state index contributed by atoms with van der Waals surface area (Å²) in [6, 6.07) is -0.260. The molecule has 1 rings (SSSR count). The maximum atomic E-state index is 11.7. The largest absolute Gasteiger partial charge is 0.481 e. The molecule has 0 saturated heterocycles. The van der Waals surface area contributed by atoms with Crippen LogP contribution in [0.5, 0.6) is 0 Å². The molecule has 1 aliphatic rings. The number of aliphatic carboxylic acids is 1. The minimum absolute atomic E-state index is 0.0103. The summed E-state index contributed by atoms with van der Waals surface area (Å²) < 4.78 is 5.00. The topological polar surface area (TPSA) is 87.7 Å². The van der Waals surface area contributed by atoms with Gasteiger partial charge in [0.2, 0.25) is 0 Å². The minimum Gasteiger partial charge on any atom is -0.481 e. The standard InChI is InChI=1S/C13H24N2O4/c1-3-10(8-19-2)15-13(18)14-7-9-5-4-6-11(9)12(16)17/h9-11H,3-8H2,1-2H3,(H,16,17)(H2,14,15,18). The Hall–Kier alpha value is -1.30. The minimum atomic E-state index is -0.754. The summed E-state index contributed by atoms with van der Waals surface area (Å²) in [6.45, 7) is 2.87. The third-order valence-corrected chi connectivity index (χ3v) is 3.70. The zero-order valence-corrected chi connectivity index (χ0v) is 11.6. The Kier molecular flexibility index (Phi) is 6.62. The lowest BCUT2D eigenvalue weighted by atomic mass is 9.96. The fraction of sp³-hybridized carbons (Fsp3) is 0.846. The Morgan fingerprint density at radius 1 is 1.42 bits per heavy atom. The molecule has 6 heteroatoms. The van der Waals surface area contributed by atoms with Crippen LogP contribution in [-0.4, -0.2) is 43.4 Å². The second kappa shape index (κ2) is 7.99. The molecule has 1 fully saturated rings. The van der Waals surface area contributed by atoms with Crippen molar-refractivity contribution in [2.75, 3.05) is 20.3 Å². The van der Waals surface area contributed by atoms with Gasteiger partial charge in [0.15, 0.2) is 0 Å². The Morgan fingerprint density at radius 3 is 2.74 bits per heavy atom. The zero-order chi connectivity index (χ0) is 14.3. The summed E-state index contributed by atoms with van der Waals surface area (Å²) in [4.78, 5) is 22.7. The van der Waals surface area contributed by atoms with Gasteiger partial charge >= 0.3 is 12.0 Å². The Morgan fingerprint density at radius 2 is 2.16 bits per heavy atom. The van der Waals surface area contributed by atoms with Gasteiger partial charge in [0.05, 0.1) is 18.6 Å². The summed E-state index contributed by atoms with van der Waals surface area (Å²) in [5.41, 5.74) is 0. The normalized spacial score (nSPS) is 23.9. The maximum absolute atomic E-state index is 11.7. The average Bonchev–Trinajstić information content (AvgIpc) is 2.84. The molecule has 0 radical (unpaired) electrons. The number of ether oxygens (including phenoxy) is 1. The highest BCUT2D eigenvalue weighted by atomic mass is 16.5. The number of methoxy groups -OCH3 is 1. The second-order valence-corrected chi connectivity index (χ2v) is 5.05. The van der Waals surface area contributed by atoms with Crippen molar-refractivity contribution in [2.45, 2.75) is 38.6 Å². The van der Waals surface area contributed by atoms with E-state index in [9.17, 15) is 9.59 Å². The fourth-order valence-electron chi connectivity index (χ4n) is 2.53. The molecule has 0 heterocycles. The summed E-state index contributed by atoms with van der Waals surface area (Å²) >= 11 is 0. The van der Waals surface area contributed by atoms with E-state index in [1.54, 1.807) is 7.11 Å². The van der Waals surface area contributed by atoms with E-state index in [0.29, 0.717) is 19.6 Å². The van der Waals surface area contributed by atoms with Gasteiger partial charge in [-0.25, -0.2) is 4.79 Å². The summed E-state index contributed by atoms with van der Waals surface area (Å²) in [6.07, 6.45) is 3.30. The highest BCUT2D eigenvalue weighted by Crippen LogP contribution is 2.31. The molecule has 0 aromatic heterocycles. The first-order chi connectivity index (χ1) is 9.08. The number of hydrogen-bond acceptors (Lipinski definition) is 3. The molecule has 0 aromatic carbocycles. The quantitative estimate of drug-likeness (QED) is 0.650. The molecule has 19 heavy (non-hydrogen) atoms. The van der Waals surface area contributed by atoms with E-state index in [1.165, 1.54) is 0 Å². The van der Waals surface area contributed by atoms with Crippen molar-refractivity contribution in [3.8, 4) is 0 Å². The highest BCUT2D eigenvalue weighted by Gasteiger charge is 2.32. The van der Waals surface area contributed by atoms with E-state index in [4.69, 9.17) is 9.84 Å². The number of rotatable bonds is 7. The number of carbonyl (C=O) groups is 2. The van der Waals surface area contributed by atoms with Gasteiger partial charge in [0.1, 0.15) is 0 Å². The zero-order valence-electron chi connectivity index (χ0n) is 11.6. The highest BCUT2D eigenvalue weighted by molar-refractivity contribution is 5.74. The summed E-state index contributed by atoms with van der Waals surface area (Å²) in [5, 5.41) is 14.6. The van der Waals surface area contributed by atoms with Crippen LogP contribution in [0, 0.1) is 11.8 Å². The van der Waals surface area contributed by atoms with Gasteiger partial charge in [-0.15, -0.1) is 0 Å². The van der Waals surface area contributed by atoms with Crippen LogP contribution < -0.4 is 10.6 Å². The number of amides is 2. The Bertz CT molecular complexity index is 309. The van der Waals surface area contributed by atoms with Crippen LogP contribution in [0.2, 0.25) is 0 Å². The van der Waals surface area contributed by atoms with Gasteiger partial charge in [-0.3, -0.25) is 4.79 Å². The van der Waals surface area contributed by atoms with Crippen molar-refractivity contribution in [2.24, 2.45) is 11.8 Å². The number of nitrogens with one attached hydrogen (secondary N) is 2. The third kappa shape index (κ3) is 5.06. The molecule has 0 aromatic rings. The molecule has 0 bridgehead atoms. The predicted molar refractivity (Wildman–Crippen MR) is 71.0 cm³/mol. The third-order valence-electron chi connectivity index (χ3n) is 3.70. The molecule has 1 aliphatic carbocycles. The monoisotopic (exact) mass is 272 g/mol. The average molecular weight is 272 g/mol. The molecular formula is C13H24N2O4. The van der Waals surface area contributed by atoms with Gasteiger partial charge < -0.3 is 20.5 Å². The lowest BCUT2D eigenvalue weighted by Crippen LogP contribution is -2.45. The van der Waals surface area contributed by atoms with Crippen LogP contribution in [0.3, 0.4) is 0 Å². The second-order valence-electron chi connectivity index (χ2n) is 5.05. The fourth-order valence-corrected chi connectivity index (χ4v) is 2.53. The van der Waals surface area contributed by atoms with E-state index < -0.39 is 5.97 Å². The lowest BCUT2D eigenvalue weighted by Gasteiger charge is -2.19. The van der Waals surface area contributed by atoms with Gasteiger partial charge in [-0.1, -0.05) is 13.3 Å². The Balaban J connectivity index is 2.31. The van der Waals surface area contributed by atoms with Crippen molar-refractivity contribution in [1.82, 2.24) is 10.6 Å². The van der Waals surface area contributed by atoms with E-state index in [1.807, 2.05) is 6.92 Å². The van der Waals surface area contributed by atoms with Crippen LogP contribution in [0.25, 0.3) is 0 Å². The van der Waals surface area contributed by atoms with Crippen LogP contribution in [-0.2, 0) is 9.53 Å². The van der Waals surface area contributed by atoms with E-state index in [2.05, 4.69) is 10.6 Å². The van der Waals surface area contributed by atoms with Crippen LogP contribution in [0.4, 0.5) is 4.79 Å². The van der Waals surface area contributed by atoms with E-state index >= 15 is 0 Å². The molecule has 1 saturated carbocycles. The van der Waals surface area contributed by atoms with E-state index in [-0.39, 0.29) is 23.9 Å². The Labute approximate surface area is 113 Å². The smallest absolute Gasteiger partial charge is 0.315 e. The van der Waals surface area contributed by atoms with Crippen molar-refractivity contribution in [3.63, 3.8) is 0 Å². The number of urea groups is 1. The van der Waals surface area contributed by atoms with Gasteiger partial charge in [0, 0.05) is 13.7 Å². The first-order valence-electron chi connectivity index (χ1n) is 6.84. The number of carbonyl (C=O) groups excluding carboxylic acids is 1. The van der Waals surface area contributed by atoms with E-state index in [0.717, 1.165) is 19.3 Å². The molecule has 6 nitrogen and oxygen atoms in total. The van der Waals surface area contributed by atoms with Gasteiger partial charge in [-0.05, 0) is 25.2 Å². The van der Waals surface area contributed by atoms with Gasteiger partial charge in [-0.2, -0.15) is 0 Å². The molecule has 0 spiro atoms. The first-order valence-corrected chi connectivity index (χ1v) is 6.84. The van der Waals surface area contributed by atoms with Crippen molar-refractivity contribution < 1.29 is 19.4 Å². The SMILES string of the molecule is CCC(COC)NC(=O)NCC1CCCC1C(=O)O.